The highest BCUT2D eigenvalue weighted by atomic mass is 16.5. The van der Waals surface area contributed by atoms with E-state index in [1.54, 1.807) is 18.2 Å². The predicted octanol–water partition coefficient (Wildman–Crippen LogP) is 1.76. The molecule has 2 rings (SSSR count). The normalized spacial score (nSPS) is 10.6. The summed E-state index contributed by atoms with van der Waals surface area (Å²) in [6.07, 6.45) is 2.73. The highest BCUT2D eigenvalue weighted by Gasteiger charge is 2.06. The van der Waals surface area contributed by atoms with Gasteiger partial charge in [0.15, 0.2) is 5.76 Å². The van der Waals surface area contributed by atoms with Gasteiger partial charge < -0.3 is 14.3 Å². The van der Waals surface area contributed by atoms with Gasteiger partial charge in [-0.3, -0.25) is 4.79 Å². The van der Waals surface area contributed by atoms with Crippen molar-refractivity contribution in [3.05, 3.63) is 47.9 Å². The fourth-order valence-corrected chi connectivity index (χ4v) is 1.38. The number of carbonyl (C=O) groups excluding carboxylic acids is 1. The number of hydrogen-bond donors (Lipinski definition) is 2. The van der Waals surface area contributed by atoms with Crippen LogP contribution in [-0.4, -0.2) is 24.3 Å². The third-order valence-electron chi connectivity index (χ3n) is 2.35. The number of furan rings is 1. The number of hydrazone groups is 1. The van der Waals surface area contributed by atoms with Crippen LogP contribution in [-0.2, 0) is 0 Å². The topological polar surface area (TPSA) is 84.1 Å². The Morgan fingerprint density at radius 3 is 2.95 bits per heavy atom. The summed E-state index contributed by atoms with van der Waals surface area (Å²) in [5.41, 5.74) is 2.74. The van der Waals surface area contributed by atoms with Gasteiger partial charge in [0.2, 0.25) is 0 Å². The molecule has 98 valence electrons. The first-order valence-electron chi connectivity index (χ1n) is 5.44. The van der Waals surface area contributed by atoms with Crippen LogP contribution in [0.1, 0.15) is 16.1 Å². The Balaban J connectivity index is 2.01. The maximum absolute atomic E-state index is 11.5. The lowest BCUT2D eigenvalue weighted by molar-refractivity contribution is 0.0927. The smallest absolute Gasteiger partial charge is 0.307 e. The first kappa shape index (κ1) is 12.7. The number of amides is 1. The quantitative estimate of drug-likeness (QED) is 0.648. The molecule has 19 heavy (non-hydrogen) atoms. The van der Waals surface area contributed by atoms with Gasteiger partial charge in [0.1, 0.15) is 11.5 Å². The fourth-order valence-electron chi connectivity index (χ4n) is 1.38. The Labute approximate surface area is 109 Å². The van der Waals surface area contributed by atoms with E-state index in [0.717, 1.165) is 0 Å². The van der Waals surface area contributed by atoms with Gasteiger partial charge in [0.05, 0.1) is 19.6 Å². The number of rotatable bonds is 4. The highest BCUT2D eigenvalue weighted by molar-refractivity contribution is 5.92. The van der Waals surface area contributed by atoms with Crippen LogP contribution >= 0.6 is 0 Å². The maximum atomic E-state index is 11.5. The molecule has 2 N–H and O–H groups in total. The highest BCUT2D eigenvalue weighted by Crippen LogP contribution is 2.21. The molecule has 0 aliphatic heterocycles. The van der Waals surface area contributed by atoms with E-state index >= 15 is 0 Å². The molecular formula is C13H12N2O4. The number of benzene rings is 1. The van der Waals surface area contributed by atoms with Crippen molar-refractivity contribution in [1.82, 2.24) is 5.43 Å². The van der Waals surface area contributed by atoms with Crippen LogP contribution in [0.2, 0.25) is 0 Å². The second-order valence-corrected chi connectivity index (χ2v) is 3.60. The number of methoxy groups -OCH3 is 1. The summed E-state index contributed by atoms with van der Waals surface area (Å²) >= 11 is 0. The van der Waals surface area contributed by atoms with Gasteiger partial charge in [0.25, 0.3) is 0 Å². The molecule has 1 heterocycles. The molecule has 6 nitrogen and oxygen atoms in total. The van der Waals surface area contributed by atoms with Crippen molar-refractivity contribution < 1.29 is 19.1 Å². The Kier molecular flexibility index (Phi) is 3.82. The molecule has 6 heteroatoms. The zero-order chi connectivity index (χ0) is 13.7. The summed E-state index contributed by atoms with van der Waals surface area (Å²) in [6.45, 7) is 0. The van der Waals surface area contributed by atoms with Crippen LogP contribution in [0.25, 0.3) is 0 Å². The molecule has 0 aliphatic rings. The molecule has 1 amide bonds. The second kappa shape index (κ2) is 5.72. The average Bonchev–Trinajstić information content (AvgIpc) is 2.94. The molecule has 2 aromatic rings. The third kappa shape index (κ3) is 3.12. The number of nitrogens with zero attached hydrogens (tertiary/aromatic N) is 1. The summed E-state index contributed by atoms with van der Waals surface area (Å²) in [7, 11) is 1.51. The summed E-state index contributed by atoms with van der Waals surface area (Å²) in [6, 6.07) is 7.88. The number of phenols is 1. The summed E-state index contributed by atoms with van der Waals surface area (Å²) in [5.74, 6) is 0.245. The minimum Gasteiger partial charge on any atom is -0.507 e. The largest absolute Gasteiger partial charge is 0.507 e. The fraction of sp³-hybridized carbons (Fsp3) is 0.0769. The Hall–Kier alpha value is -2.76. The Bertz CT molecular complexity index is 591. The summed E-state index contributed by atoms with van der Waals surface area (Å²) in [5, 5.41) is 13.4. The van der Waals surface area contributed by atoms with Crippen molar-refractivity contribution in [2.75, 3.05) is 7.11 Å². The Morgan fingerprint density at radius 1 is 1.47 bits per heavy atom. The van der Waals surface area contributed by atoms with Gasteiger partial charge in [-0.05, 0) is 24.3 Å². The molecule has 1 aromatic carbocycles. The third-order valence-corrected chi connectivity index (χ3v) is 2.35. The van der Waals surface area contributed by atoms with E-state index in [1.165, 1.54) is 31.7 Å². The number of phenolic OH excluding ortho intramolecular Hbond substituents is 1. The predicted molar refractivity (Wildman–Crippen MR) is 68.4 cm³/mol. The van der Waals surface area contributed by atoms with E-state index in [-0.39, 0.29) is 11.5 Å². The van der Waals surface area contributed by atoms with Crippen molar-refractivity contribution in [2.45, 2.75) is 0 Å². The molecule has 0 spiro atoms. The molecular weight excluding hydrogens is 248 g/mol. The average molecular weight is 260 g/mol. The van der Waals surface area contributed by atoms with Crippen molar-refractivity contribution in [2.24, 2.45) is 5.10 Å². The van der Waals surface area contributed by atoms with Gasteiger partial charge in [-0.1, -0.05) is 0 Å². The standard InChI is InChI=1S/C13H12N2O4/c1-18-10-5-4-9(11(16)7-10)8-14-15-13(17)12-3-2-6-19-12/h2-8,16H,1H3,(H,15,17)/b14-8+. The van der Waals surface area contributed by atoms with Crippen LogP contribution in [0.3, 0.4) is 0 Å². The van der Waals surface area contributed by atoms with E-state index in [9.17, 15) is 9.90 Å². The van der Waals surface area contributed by atoms with Crippen molar-refractivity contribution in [3.8, 4) is 11.5 Å². The summed E-state index contributed by atoms with van der Waals surface area (Å²) < 4.78 is 9.86. The van der Waals surface area contributed by atoms with Gasteiger partial charge >= 0.3 is 5.91 Å². The lowest BCUT2D eigenvalue weighted by Crippen LogP contribution is -2.16. The number of aromatic hydroxyl groups is 1. The van der Waals surface area contributed by atoms with E-state index in [1.807, 2.05) is 0 Å². The summed E-state index contributed by atoms with van der Waals surface area (Å²) in [4.78, 5) is 11.5. The van der Waals surface area contributed by atoms with E-state index in [4.69, 9.17) is 9.15 Å². The lowest BCUT2D eigenvalue weighted by atomic mass is 10.2. The monoisotopic (exact) mass is 260 g/mol. The molecule has 0 aliphatic carbocycles. The first-order valence-corrected chi connectivity index (χ1v) is 5.44. The molecule has 0 bridgehead atoms. The number of nitrogens with one attached hydrogen (secondary N) is 1. The van der Waals surface area contributed by atoms with Crippen molar-refractivity contribution in [1.29, 1.82) is 0 Å². The molecule has 0 radical (unpaired) electrons. The van der Waals surface area contributed by atoms with E-state index < -0.39 is 5.91 Å². The molecule has 0 saturated carbocycles. The second-order valence-electron chi connectivity index (χ2n) is 3.60. The molecule has 0 fully saturated rings. The van der Waals surface area contributed by atoms with Crippen molar-refractivity contribution in [3.63, 3.8) is 0 Å². The minimum absolute atomic E-state index is 0.00958. The molecule has 1 aromatic heterocycles. The van der Waals surface area contributed by atoms with Crippen LogP contribution in [0, 0.1) is 0 Å². The zero-order valence-corrected chi connectivity index (χ0v) is 10.2. The molecule has 0 saturated heterocycles. The van der Waals surface area contributed by atoms with Crippen LogP contribution in [0.4, 0.5) is 0 Å². The van der Waals surface area contributed by atoms with Gasteiger partial charge in [0, 0.05) is 11.6 Å². The van der Waals surface area contributed by atoms with Gasteiger partial charge in [-0.25, -0.2) is 5.43 Å². The van der Waals surface area contributed by atoms with E-state index in [2.05, 4.69) is 10.5 Å². The maximum Gasteiger partial charge on any atom is 0.307 e. The number of hydrogen-bond acceptors (Lipinski definition) is 5. The number of ether oxygens (including phenoxy) is 1. The SMILES string of the molecule is COc1ccc(/C=N/NC(=O)c2ccco2)c(O)c1. The van der Waals surface area contributed by atoms with Crippen LogP contribution in [0.5, 0.6) is 11.5 Å². The first-order chi connectivity index (χ1) is 9.20. The van der Waals surface area contributed by atoms with Crippen LogP contribution < -0.4 is 10.2 Å². The zero-order valence-electron chi connectivity index (χ0n) is 10.2. The minimum atomic E-state index is -0.464. The Morgan fingerprint density at radius 2 is 2.32 bits per heavy atom. The van der Waals surface area contributed by atoms with E-state index in [0.29, 0.717) is 11.3 Å². The molecule has 0 atom stereocenters. The molecule has 0 unspecified atom stereocenters. The van der Waals surface area contributed by atoms with Gasteiger partial charge in [-0.15, -0.1) is 0 Å². The van der Waals surface area contributed by atoms with Gasteiger partial charge in [-0.2, -0.15) is 5.10 Å². The lowest BCUT2D eigenvalue weighted by Gasteiger charge is -2.02. The number of carbonyl (C=O) groups is 1. The van der Waals surface area contributed by atoms with Crippen molar-refractivity contribution >= 4 is 12.1 Å². The van der Waals surface area contributed by atoms with Crippen LogP contribution in [0.15, 0.2) is 46.1 Å².